The molecule has 2 rings (SSSR count). The standard InChI is InChI=1S/C14H15FN2O/c1-9-4-3-5-12(16)14(9)17-10-6-7-13(18-2)11(15)8-10/h3-8,17H,16H2,1-2H3. The number of aryl methyl sites for hydroxylation is 1. The number of nitrogens with one attached hydrogen (secondary N) is 1. The first-order chi connectivity index (χ1) is 8.61. The van der Waals surface area contributed by atoms with E-state index in [9.17, 15) is 4.39 Å². The topological polar surface area (TPSA) is 47.3 Å². The second-order valence-electron chi connectivity index (χ2n) is 4.01. The van der Waals surface area contributed by atoms with Crippen molar-refractivity contribution in [3.8, 4) is 5.75 Å². The highest BCUT2D eigenvalue weighted by atomic mass is 19.1. The normalized spacial score (nSPS) is 10.2. The van der Waals surface area contributed by atoms with E-state index in [-0.39, 0.29) is 5.75 Å². The number of nitrogens with two attached hydrogens (primary N) is 1. The van der Waals surface area contributed by atoms with Gasteiger partial charge in [0.2, 0.25) is 0 Å². The first-order valence-electron chi connectivity index (χ1n) is 5.57. The summed E-state index contributed by atoms with van der Waals surface area (Å²) in [6, 6.07) is 10.3. The van der Waals surface area contributed by atoms with Gasteiger partial charge in [-0.3, -0.25) is 0 Å². The second-order valence-corrected chi connectivity index (χ2v) is 4.01. The Morgan fingerprint density at radius 2 is 2.00 bits per heavy atom. The predicted molar refractivity (Wildman–Crippen MR) is 71.8 cm³/mol. The predicted octanol–water partition coefficient (Wildman–Crippen LogP) is 3.47. The lowest BCUT2D eigenvalue weighted by Crippen LogP contribution is -1.99. The summed E-state index contributed by atoms with van der Waals surface area (Å²) in [5.41, 5.74) is 8.95. The molecule has 0 heterocycles. The molecule has 0 saturated heterocycles. The van der Waals surface area contributed by atoms with Gasteiger partial charge in [0.25, 0.3) is 0 Å². The zero-order chi connectivity index (χ0) is 13.1. The van der Waals surface area contributed by atoms with Crippen molar-refractivity contribution in [1.82, 2.24) is 0 Å². The van der Waals surface area contributed by atoms with Gasteiger partial charge in [-0.05, 0) is 30.7 Å². The molecule has 94 valence electrons. The van der Waals surface area contributed by atoms with Gasteiger partial charge in [-0.25, -0.2) is 4.39 Å². The lowest BCUT2D eigenvalue weighted by molar-refractivity contribution is 0.386. The molecule has 0 atom stereocenters. The van der Waals surface area contributed by atoms with E-state index in [0.717, 1.165) is 11.3 Å². The van der Waals surface area contributed by atoms with Crippen LogP contribution in [0.25, 0.3) is 0 Å². The summed E-state index contributed by atoms with van der Waals surface area (Å²) in [7, 11) is 1.44. The quantitative estimate of drug-likeness (QED) is 0.815. The van der Waals surface area contributed by atoms with Crippen molar-refractivity contribution in [2.45, 2.75) is 6.92 Å². The van der Waals surface area contributed by atoms with Crippen LogP contribution in [0.3, 0.4) is 0 Å². The number of anilines is 3. The van der Waals surface area contributed by atoms with Gasteiger partial charge in [0.15, 0.2) is 11.6 Å². The zero-order valence-corrected chi connectivity index (χ0v) is 10.3. The minimum Gasteiger partial charge on any atom is -0.494 e. The maximum absolute atomic E-state index is 13.6. The Balaban J connectivity index is 2.32. The van der Waals surface area contributed by atoms with Gasteiger partial charge in [-0.2, -0.15) is 0 Å². The van der Waals surface area contributed by atoms with Crippen LogP contribution in [-0.2, 0) is 0 Å². The molecule has 18 heavy (non-hydrogen) atoms. The summed E-state index contributed by atoms with van der Waals surface area (Å²) in [6.45, 7) is 1.94. The van der Waals surface area contributed by atoms with Crippen LogP contribution in [0.5, 0.6) is 5.75 Å². The molecule has 2 aromatic carbocycles. The summed E-state index contributed by atoms with van der Waals surface area (Å²) >= 11 is 0. The van der Waals surface area contributed by atoms with E-state index in [4.69, 9.17) is 10.5 Å². The molecule has 4 heteroatoms. The van der Waals surface area contributed by atoms with Crippen molar-refractivity contribution in [2.24, 2.45) is 0 Å². The Kier molecular flexibility index (Phi) is 3.37. The molecule has 0 radical (unpaired) electrons. The average Bonchev–Trinajstić information content (AvgIpc) is 2.34. The number of ether oxygens (including phenoxy) is 1. The molecular weight excluding hydrogens is 231 g/mol. The molecule has 0 unspecified atom stereocenters. The van der Waals surface area contributed by atoms with Crippen molar-refractivity contribution >= 4 is 17.1 Å². The van der Waals surface area contributed by atoms with Crippen molar-refractivity contribution < 1.29 is 9.13 Å². The number of rotatable bonds is 3. The van der Waals surface area contributed by atoms with Gasteiger partial charge in [-0.15, -0.1) is 0 Å². The Bertz CT molecular complexity index is 549. The number of benzene rings is 2. The van der Waals surface area contributed by atoms with Crippen LogP contribution >= 0.6 is 0 Å². The Labute approximate surface area is 105 Å². The molecule has 0 aliphatic rings. The average molecular weight is 246 g/mol. The van der Waals surface area contributed by atoms with E-state index in [1.54, 1.807) is 18.2 Å². The highest BCUT2D eigenvalue weighted by Crippen LogP contribution is 2.28. The highest BCUT2D eigenvalue weighted by Gasteiger charge is 2.06. The molecule has 0 aliphatic heterocycles. The van der Waals surface area contributed by atoms with Gasteiger partial charge in [0.1, 0.15) is 0 Å². The molecule has 3 nitrogen and oxygen atoms in total. The summed E-state index contributed by atoms with van der Waals surface area (Å²) in [6.07, 6.45) is 0. The lowest BCUT2D eigenvalue weighted by atomic mass is 10.1. The van der Waals surface area contributed by atoms with Crippen LogP contribution in [-0.4, -0.2) is 7.11 Å². The zero-order valence-electron chi connectivity index (χ0n) is 10.3. The fourth-order valence-corrected chi connectivity index (χ4v) is 1.75. The summed E-state index contributed by atoms with van der Waals surface area (Å²) in [5.74, 6) is -0.187. The van der Waals surface area contributed by atoms with E-state index in [1.807, 2.05) is 19.1 Å². The van der Waals surface area contributed by atoms with Gasteiger partial charge < -0.3 is 15.8 Å². The molecule has 0 saturated carbocycles. The summed E-state index contributed by atoms with van der Waals surface area (Å²) in [5, 5.41) is 3.11. The first-order valence-corrected chi connectivity index (χ1v) is 5.57. The van der Waals surface area contributed by atoms with E-state index in [1.165, 1.54) is 13.2 Å². The molecule has 0 aromatic heterocycles. The molecular formula is C14H15FN2O. The number of hydrogen-bond acceptors (Lipinski definition) is 3. The highest BCUT2D eigenvalue weighted by molar-refractivity contribution is 5.75. The van der Waals surface area contributed by atoms with E-state index in [0.29, 0.717) is 11.4 Å². The fraction of sp³-hybridized carbons (Fsp3) is 0.143. The Hall–Kier alpha value is -2.23. The van der Waals surface area contributed by atoms with Gasteiger partial charge >= 0.3 is 0 Å². The van der Waals surface area contributed by atoms with Crippen LogP contribution in [0, 0.1) is 12.7 Å². The third-order valence-electron chi connectivity index (χ3n) is 2.73. The van der Waals surface area contributed by atoms with Crippen molar-refractivity contribution in [1.29, 1.82) is 0 Å². The molecule has 3 N–H and O–H groups in total. The van der Waals surface area contributed by atoms with Crippen molar-refractivity contribution in [2.75, 3.05) is 18.2 Å². The molecule has 0 fully saturated rings. The lowest BCUT2D eigenvalue weighted by Gasteiger charge is -2.13. The Morgan fingerprint density at radius 1 is 1.22 bits per heavy atom. The number of nitrogen functional groups attached to an aromatic ring is 1. The number of methoxy groups -OCH3 is 1. The van der Waals surface area contributed by atoms with E-state index < -0.39 is 5.82 Å². The SMILES string of the molecule is COc1ccc(Nc2c(C)cccc2N)cc1F. The maximum Gasteiger partial charge on any atom is 0.167 e. The first kappa shape index (κ1) is 12.2. The minimum atomic E-state index is -0.408. The van der Waals surface area contributed by atoms with Gasteiger partial charge in [0.05, 0.1) is 18.5 Å². The van der Waals surface area contributed by atoms with E-state index >= 15 is 0 Å². The molecule has 0 bridgehead atoms. The van der Waals surface area contributed by atoms with Gasteiger partial charge in [0, 0.05) is 11.8 Å². The fourth-order valence-electron chi connectivity index (χ4n) is 1.75. The number of para-hydroxylation sites is 1. The van der Waals surface area contributed by atoms with Crippen LogP contribution in [0.2, 0.25) is 0 Å². The van der Waals surface area contributed by atoms with Crippen molar-refractivity contribution in [3.63, 3.8) is 0 Å². The monoisotopic (exact) mass is 246 g/mol. The number of hydrogen-bond donors (Lipinski definition) is 2. The Morgan fingerprint density at radius 3 is 2.61 bits per heavy atom. The smallest absolute Gasteiger partial charge is 0.167 e. The van der Waals surface area contributed by atoms with Crippen molar-refractivity contribution in [3.05, 3.63) is 47.8 Å². The third kappa shape index (κ3) is 2.37. The molecule has 0 amide bonds. The van der Waals surface area contributed by atoms with Crippen LogP contribution < -0.4 is 15.8 Å². The van der Waals surface area contributed by atoms with Crippen LogP contribution in [0.15, 0.2) is 36.4 Å². The molecule has 0 aliphatic carbocycles. The molecule has 0 spiro atoms. The van der Waals surface area contributed by atoms with Crippen LogP contribution in [0.4, 0.5) is 21.5 Å². The molecule has 2 aromatic rings. The second kappa shape index (κ2) is 4.96. The van der Waals surface area contributed by atoms with E-state index in [2.05, 4.69) is 5.32 Å². The van der Waals surface area contributed by atoms with Gasteiger partial charge in [-0.1, -0.05) is 12.1 Å². The minimum absolute atomic E-state index is 0.221. The maximum atomic E-state index is 13.6. The summed E-state index contributed by atoms with van der Waals surface area (Å²) < 4.78 is 18.4. The largest absolute Gasteiger partial charge is 0.494 e. The third-order valence-corrected chi connectivity index (χ3v) is 2.73. The van der Waals surface area contributed by atoms with Crippen LogP contribution in [0.1, 0.15) is 5.56 Å². The summed E-state index contributed by atoms with van der Waals surface area (Å²) in [4.78, 5) is 0. The number of halogens is 1.